The third kappa shape index (κ3) is 6.17. The zero-order valence-corrected chi connectivity index (χ0v) is 20.9. The number of halogens is 1. The monoisotopic (exact) mass is 480 g/mol. The van der Waals surface area contributed by atoms with Crippen LogP contribution in [-0.2, 0) is 4.74 Å². The highest BCUT2D eigenvalue weighted by Crippen LogP contribution is 2.41. The summed E-state index contributed by atoms with van der Waals surface area (Å²) in [7, 11) is 0. The van der Waals surface area contributed by atoms with Crippen LogP contribution in [0, 0.1) is 5.92 Å². The van der Waals surface area contributed by atoms with Gasteiger partial charge in [0.15, 0.2) is 0 Å². The van der Waals surface area contributed by atoms with Gasteiger partial charge in [-0.2, -0.15) is 5.10 Å². The Kier molecular flexibility index (Phi) is 7.57. The van der Waals surface area contributed by atoms with Crippen molar-refractivity contribution < 1.29 is 9.53 Å². The maximum atomic E-state index is 12.1. The molecule has 2 N–H and O–H groups in total. The summed E-state index contributed by atoms with van der Waals surface area (Å²) in [5.41, 5.74) is 4.91. The first-order valence-corrected chi connectivity index (χ1v) is 12.4. The fraction of sp³-hybridized carbons (Fsp3) is 0.444. The van der Waals surface area contributed by atoms with Crippen LogP contribution in [-0.4, -0.2) is 33.4 Å². The average Bonchev–Trinajstić information content (AvgIpc) is 3.10. The van der Waals surface area contributed by atoms with Crippen LogP contribution < -0.4 is 5.32 Å². The Morgan fingerprint density at radius 2 is 1.79 bits per heavy atom. The number of aromatic nitrogens is 3. The van der Waals surface area contributed by atoms with Gasteiger partial charge in [0, 0.05) is 46.7 Å². The first-order chi connectivity index (χ1) is 16.3. The Bertz CT molecular complexity index is 1090. The number of aromatic amines is 1. The summed E-state index contributed by atoms with van der Waals surface area (Å²) in [6.45, 7) is 6.29. The lowest BCUT2D eigenvalue weighted by Gasteiger charge is -2.21. The lowest BCUT2D eigenvalue weighted by Crippen LogP contribution is -2.35. The van der Waals surface area contributed by atoms with E-state index in [-0.39, 0.29) is 6.09 Å². The molecule has 34 heavy (non-hydrogen) atoms. The van der Waals surface area contributed by atoms with Gasteiger partial charge in [0.25, 0.3) is 0 Å². The lowest BCUT2D eigenvalue weighted by molar-refractivity contribution is 0.0517. The number of rotatable bonds is 5. The molecule has 2 heterocycles. The standard InChI is InChI=1S/C27H33ClN4O2/c1-27(2,3)34-26(33)30-17-18-5-4-6-20(8-7-18)24-23(19-13-15-29-16-14-19)25(32-31-24)21-9-11-22(28)12-10-21/h9-16,18,20H,4-8,17H2,1-3H3,(H,30,33)(H,31,32)/t18-,20?/m1/s1. The molecule has 0 bridgehead atoms. The normalized spacial score (nSPS) is 18.8. The van der Waals surface area contributed by atoms with E-state index in [2.05, 4.69) is 15.4 Å². The summed E-state index contributed by atoms with van der Waals surface area (Å²) >= 11 is 6.12. The summed E-state index contributed by atoms with van der Waals surface area (Å²) < 4.78 is 5.39. The Morgan fingerprint density at radius 1 is 1.06 bits per heavy atom. The highest BCUT2D eigenvalue weighted by atomic mass is 35.5. The van der Waals surface area contributed by atoms with Crippen LogP contribution in [0.25, 0.3) is 22.4 Å². The van der Waals surface area contributed by atoms with Crippen LogP contribution in [0.15, 0.2) is 48.8 Å². The Hall–Kier alpha value is -2.86. The fourth-order valence-electron chi connectivity index (χ4n) is 4.69. The van der Waals surface area contributed by atoms with Crippen molar-refractivity contribution >= 4 is 17.7 Å². The van der Waals surface area contributed by atoms with E-state index in [4.69, 9.17) is 21.4 Å². The highest BCUT2D eigenvalue weighted by molar-refractivity contribution is 6.30. The molecule has 0 aliphatic heterocycles. The van der Waals surface area contributed by atoms with Gasteiger partial charge in [-0.15, -0.1) is 0 Å². The quantitative estimate of drug-likeness (QED) is 0.386. The molecule has 1 amide bonds. The summed E-state index contributed by atoms with van der Waals surface area (Å²) in [5.74, 6) is 0.823. The molecule has 2 aromatic heterocycles. The zero-order valence-electron chi connectivity index (χ0n) is 20.1. The summed E-state index contributed by atoms with van der Waals surface area (Å²) in [5, 5.41) is 11.8. The number of hydrogen-bond acceptors (Lipinski definition) is 4. The van der Waals surface area contributed by atoms with Crippen LogP contribution in [0.1, 0.15) is 64.5 Å². The molecular formula is C27H33ClN4O2. The maximum Gasteiger partial charge on any atom is 0.407 e. The topological polar surface area (TPSA) is 79.9 Å². The van der Waals surface area contributed by atoms with E-state index in [1.165, 1.54) is 5.69 Å². The van der Waals surface area contributed by atoms with Crippen LogP contribution in [0.5, 0.6) is 0 Å². The van der Waals surface area contributed by atoms with Gasteiger partial charge in [0.1, 0.15) is 11.3 Å². The van der Waals surface area contributed by atoms with E-state index in [1.807, 2.05) is 69.6 Å². The largest absolute Gasteiger partial charge is 0.444 e. The Labute approximate surface area is 206 Å². The van der Waals surface area contributed by atoms with Gasteiger partial charge in [-0.1, -0.05) is 30.2 Å². The molecule has 6 nitrogen and oxygen atoms in total. The summed E-state index contributed by atoms with van der Waals surface area (Å²) in [6, 6.07) is 11.9. The number of carbonyl (C=O) groups excluding carboxylic acids is 1. The second-order valence-corrected chi connectivity index (χ2v) is 10.5. The van der Waals surface area contributed by atoms with Crippen molar-refractivity contribution in [2.24, 2.45) is 5.92 Å². The second-order valence-electron chi connectivity index (χ2n) is 10.1. The van der Waals surface area contributed by atoms with E-state index in [0.29, 0.717) is 23.4 Å². The SMILES string of the molecule is CC(C)(C)OC(=O)NC[C@@H]1CCCC(c2[nH]nc(-c3ccc(Cl)cc3)c2-c2ccncc2)CC1. The lowest BCUT2D eigenvalue weighted by atomic mass is 9.89. The molecule has 4 rings (SSSR count). The number of alkyl carbamates (subject to hydrolysis) is 1. The van der Waals surface area contributed by atoms with Crippen molar-refractivity contribution in [1.29, 1.82) is 0 Å². The average molecular weight is 481 g/mol. The van der Waals surface area contributed by atoms with Crippen molar-refractivity contribution in [2.45, 2.75) is 64.4 Å². The number of amides is 1. The molecule has 2 atom stereocenters. The number of carbonyl (C=O) groups is 1. The van der Waals surface area contributed by atoms with Gasteiger partial charge < -0.3 is 10.1 Å². The molecule has 1 aromatic carbocycles. The highest BCUT2D eigenvalue weighted by Gasteiger charge is 2.27. The predicted molar refractivity (Wildman–Crippen MR) is 136 cm³/mol. The first kappa shape index (κ1) is 24.3. The van der Waals surface area contributed by atoms with Gasteiger partial charge in [-0.25, -0.2) is 4.79 Å². The Balaban J connectivity index is 1.52. The van der Waals surface area contributed by atoms with Gasteiger partial charge in [-0.3, -0.25) is 10.1 Å². The first-order valence-electron chi connectivity index (χ1n) is 12.0. The molecule has 1 unspecified atom stereocenters. The summed E-state index contributed by atoms with van der Waals surface area (Å²) in [4.78, 5) is 16.3. The molecule has 180 valence electrons. The number of benzene rings is 1. The minimum atomic E-state index is -0.482. The number of nitrogens with zero attached hydrogens (tertiary/aromatic N) is 2. The minimum Gasteiger partial charge on any atom is -0.444 e. The number of H-pyrrole nitrogens is 1. The number of nitrogens with one attached hydrogen (secondary N) is 2. The van der Waals surface area contributed by atoms with Crippen molar-refractivity contribution in [3.63, 3.8) is 0 Å². The smallest absolute Gasteiger partial charge is 0.407 e. The van der Waals surface area contributed by atoms with Gasteiger partial charge in [0.2, 0.25) is 0 Å². The molecule has 3 aromatic rings. The minimum absolute atomic E-state index is 0.338. The number of ether oxygens (including phenoxy) is 1. The molecule has 1 aliphatic rings. The predicted octanol–water partition coefficient (Wildman–Crippen LogP) is 6.98. The van der Waals surface area contributed by atoms with E-state index in [9.17, 15) is 4.79 Å². The third-order valence-corrected chi connectivity index (χ3v) is 6.56. The van der Waals surface area contributed by atoms with Crippen molar-refractivity contribution in [1.82, 2.24) is 20.5 Å². The van der Waals surface area contributed by atoms with E-state index in [0.717, 1.165) is 54.5 Å². The fourth-order valence-corrected chi connectivity index (χ4v) is 4.82. The molecule has 0 saturated heterocycles. The van der Waals surface area contributed by atoms with E-state index < -0.39 is 5.60 Å². The van der Waals surface area contributed by atoms with Crippen LogP contribution in [0.4, 0.5) is 4.79 Å². The molecule has 1 aliphatic carbocycles. The molecule has 7 heteroatoms. The Morgan fingerprint density at radius 3 is 2.50 bits per heavy atom. The van der Waals surface area contributed by atoms with Gasteiger partial charge in [0.05, 0.1) is 0 Å². The second kappa shape index (κ2) is 10.6. The van der Waals surface area contributed by atoms with Crippen molar-refractivity contribution in [2.75, 3.05) is 6.54 Å². The zero-order chi connectivity index (χ0) is 24.1. The molecule has 0 radical (unpaired) electrons. The number of pyridine rings is 1. The van der Waals surface area contributed by atoms with E-state index >= 15 is 0 Å². The molecule has 1 fully saturated rings. The molecule has 1 saturated carbocycles. The summed E-state index contributed by atoms with van der Waals surface area (Å²) in [6.07, 6.45) is 8.68. The van der Waals surface area contributed by atoms with Gasteiger partial charge in [-0.05, 0) is 82.2 Å². The van der Waals surface area contributed by atoms with E-state index in [1.54, 1.807) is 0 Å². The molecule has 0 spiro atoms. The van der Waals surface area contributed by atoms with Crippen molar-refractivity contribution in [3.8, 4) is 22.4 Å². The van der Waals surface area contributed by atoms with Crippen molar-refractivity contribution in [3.05, 3.63) is 59.5 Å². The van der Waals surface area contributed by atoms with Crippen LogP contribution in [0.2, 0.25) is 5.02 Å². The van der Waals surface area contributed by atoms with Crippen LogP contribution >= 0.6 is 11.6 Å². The molecular weight excluding hydrogens is 448 g/mol. The number of hydrogen-bond donors (Lipinski definition) is 2. The third-order valence-electron chi connectivity index (χ3n) is 6.31. The van der Waals surface area contributed by atoms with Gasteiger partial charge >= 0.3 is 6.09 Å². The maximum absolute atomic E-state index is 12.1. The van der Waals surface area contributed by atoms with Crippen LogP contribution in [0.3, 0.4) is 0 Å².